The Balaban J connectivity index is 2.44. The standard InChI is InChI=1S/C10H6BrIN2/c11-10-5-9(13-6-14-10)7-1-3-8(12)4-2-7/h1-6H. The lowest BCUT2D eigenvalue weighted by Gasteiger charge is -2.00. The van der Waals surface area contributed by atoms with Crippen molar-refractivity contribution >= 4 is 38.5 Å². The largest absolute Gasteiger partial charge is 0.236 e. The van der Waals surface area contributed by atoms with E-state index in [-0.39, 0.29) is 0 Å². The first-order valence-corrected chi connectivity index (χ1v) is 5.86. The van der Waals surface area contributed by atoms with E-state index >= 15 is 0 Å². The first-order valence-electron chi connectivity index (χ1n) is 3.99. The number of benzene rings is 1. The van der Waals surface area contributed by atoms with Crippen LogP contribution in [0, 0.1) is 3.57 Å². The van der Waals surface area contributed by atoms with Gasteiger partial charge in [0.25, 0.3) is 0 Å². The maximum atomic E-state index is 4.20. The van der Waals surface area contributed by atoms with Gasteiger partial charge in [-0.15, -0.1) is 0 Å². The van der Waals surface area contributed by atoms with Crippen LogP contribution < -0.4 is 0 Å². The third-order valence-corrected chi connectivity index (χ3v) is 2.93. The van der Waals surface area contributed by atoms with Crippen LogP contribution in [0.1, 0.15) is 0 Å². The minimum Gasteiger partial charge on any atom is -0.236 e. The fraction of sp³-hybridized carbons (Fsp3) is 0. The van der Waals surface area contributed by atoms with Crippen LogP contribution in [0.5, 0.6) is 0 Å². The molecule has 0 fully saturated rings. The van der Waals surface area contributed by atoms with E-state index < -0.39 is 0 Å². The maximum absolute atomic E-state index is 4.20. The summed E-state index contributed by atoms with van der Waals surface area (Å²) in [5.41, 5.74) is 2.04. The summed E-state index contributed by atoms with van der Waals surface area (Å²) in [5, 5.41) is 0. The fourth-order valence-electron chi connectivity index (χ4n) is 1.11. The van der Waals surface area contributed by atoms with Gasteiger partial charge in [0.15, 0.2) is 0 Å². The fourth-order valence-corrected chi connectivity index (χ4v) is 1.78. The Morgan fingerprint density at radius 3 is 2.43 bits per heavy atom. The summed E-state index contributed by atoms with van der Waals surface area (Å²) in [7, 11) is 0. The van der Waals surface area contributed by atoms with Crippen LogP contribution >= 0.6 is 38.5 Å². The Labute approximate surface area is 104 Å². The summed E-state index contributed by atoms with van der Waals surface area (Å²) in [5.74, 6) is 0. The minimum absolute atomic E-state index is 0.807. The molecule has 0 aliphatic carbocycles. The highest BCUT2D eigenvalue weighted by Crippen LogP contribution is 2.19. The predicted octanol–water partition coefficient (Wildman–Crippen LogP) is 3.51. The van der Waals surface area contributed by atoms with E-state index in [1.807, 2.05) is 6.07 Å². The summed E-state index contributed by atoms with van der Waals surface area (Å²) in [4.78, 5) is 8.18. The predicted molar refractivity (Wildman–Crippen MR) is 67.9 cm³/mol. The molecular formula is C10H6BrIN2. The third-order valence-electron chi connectivity index (χ3n) is 1.77. The van der Waals surface area contributed by atoms with E-state index in [2.05, 4.69) is 72.8 Å². The highest BCUT2D eigenvalue weighted by atomic mass is 127. The van der Waals surface area contributed by atoms with Crippen molar-refractivity contribution < 1.29 is 0 Å². The molecule has 0 aliphatic heterocycles. The lowest BCUT2D eigenvalue weighted by molar-refractivity contribution is 1.14. The van der Waals surface area contributed by atoms with Crippen molar-refractivity contribution in [3.8, 4) is 11.3 Å². The van der Waals surface area contributed by atoms with Gasteiger partial charge in [-0.3, -0.25) is 0 Å². The summed E-state index contributed by atoms with van der Waals surface area (Å²) in [6.07, 6.45) is 1.55. The Morgan fingerprint density at radius 2 is 1.79 bits per heavy atom. The van der Waals surface area contributed by atoms with Gasteiger partial charge in [0.05, 0.1) is 5.69 Å². The van der Waals surface area contributed by atoms with Crippen molar-refractivity contribution in [2.24, 2.45) is 0 Å². The topological polar surface area (TPSA) is 25.8 Å². The van der Waals surface area contributed by atoms with Crippen molar-refractivity contribution in [3.05, 3.63) is 44.8 Å². The molecule has 1 aromatic heterocycles. The monoisotopic (exact) mass is 360 g/mol. The molecule has 0 radical (unpaired) electrons. The zero-order chi connectivity index (χ0) is 9.97. The quantitative estimate of drug-likeness (QED) is 0.574. The first kappa shape index (κ1) is 10.0. The van der Waals surface area contributed by atoms with Crippen LogP contribution in [-0.4, -0.2) is 9.97 Å². The maximum Gasteiger partial charge on any atom is 0.117 e. The lowest BCUT2D eigenvalue weighted by Crippen LogP contribution is -1.85. The molecule has 0 aliphatic rings. The number of aromatic nitrogens is 2. The van der Waals surface area contributed by atoms with Gasteiger partial charge in [0, 0.05) is 9.13 Å². The summed E-state index contributed by atoms with van der Waals surface area (Å²) in [6, 6.07) is 10.1. The minimum atomic E-state index is 0.807. The van der Waals surface area contributed by atoms with Crippen molar-refractivity contribution in [2.45, 2.75) is 0 Å². The van der Waals surface area contributed by atoms with Crippen molar-refractivity contribution in [1.29, 1.82) is 0 Å². The van der Waals surface area contributed by atoms with Crippen LogP contribution in [0.2, 0.25) is 0 Å². The van der Waals surface area contributed by atoms with Crippen LogP contribution in [0.4, 0.5) is 0 Å². The van der Waals surface area contributed by atoms with Crippen LogP contribution in [0.15, 0.2) is 41.3 Å². The zero-order valence-corrected chi connectivity index (χ0v) is 10.9. The summed E-state index contributed by atoms with van der Waals surface area (Å²) in [6.45, 7) is 0. The highest BCUT2D eigenvalue weighted by molar-refractivity contribution is 14.1. The van der Waals surface area contributed by atoms with Crippen LogP contribution in [0.3, 0.4) is 0 Å². The molecule has 0 N–H and O–H groups in total. The van der Waals surface area contributed by atoms with E-state index in [9.17, 15) is 0 Å². The summed E-state index contributed by atoms with van der Waals surface area (Å²) < 4.78 is 2.03. The van der Waals surface area contributed by atoms with Gasteiger partial charge in [0.1, 0.15) is 10.9 Å². The summed E-state index contributed by atoms with van der Waals surface area (Å²) >= 11 is 5.60. The molecule has 70 valence electrons. The number of halogens is 2. The molecule has 0 saturated heterocycles. The molecule has 0 unspecified atom stereocenters. The van der Waals surface area contributed by atoms with Crippen LogP contribution in [-0.2, 0) is 0 Å². The van der Waals surface area contributed by atoms with Gasteiger partial charge in [-0.1, -0.05) is 12.1 Å². The number of hydrogen-bond donors (Lipinski definition) is 0. The number of nitrogens with zero attached hydrogens (tertiary/aromatic N) is 2. The van der Waals surface area contributed by atoms with E-state index in [4.69, 9.17) is 0 Å². The molecule has 0 saturated carbocycles. The molecule has 1 heterocycles. The Bertz CT molecular complexity index is 442. The van der Waals surface area contributed by atoms with E-state index in [1.54, 1.807) is 6.33 Å². The third kappa shape index (κ3) is 2.30. The average Bonchev–Trinajstić information content (AvgIpc) is 2.19. The molecule has 0 spiro atoms. The molecule has 0 bridgehead atoms. The Hall–Kier alpha value is -0.490. The average molecular weight is 361 g/mol. The van der Waals surface area contributed by atoms with E-state index in [0.717, 1.165) is 15.9 Å². The highest BCUT2D eigenvalue weighted by Gasteiger charge is 1.99. The molecule has 0 amide bonds. The first-order chi connectivity index (χ1) is 6.75. The second-order valence-electron chi connectivity index (χ2n) is 2.73. The second-order valence-corrected chi connectivity index (χ2v) is 4.79. The molecular weight excluding hydrogens is 355 g/mol. The van der Waals surface area contributed by atoms with Crippen LogP contribution in [0.25, 0.3) is 11.3 Å². The Kier molecular flexibility index (Phi) is 3.12. The normalized spacial score (nSPS) is 10.1. The van der Waals surface area contributed by atoms with Crippen molar-refractivity contribution in [2.75, 3.05) is 0 Å². The van der Waals surface area contributed by atoms with Gasteiger partial charge in [0.2, 0.25) is 0 Å². The molecule has 2 aromatic rings. The molecule has 1 aromatic carbocycles. The van der Waals surface area contributed by atoms with Gasteiger partial charge in [-0.25, -0.2) is 9.97 Å². The smallest absolute Gasteiger partial charge is 0.117 e. The Morgan fingerprint density at radius 1 is 1.07 bits per heavy atom. The van der Waals surface area contributed by atoms with Crippen molar-refractivity contribution in [1.82, 2.24) is 9.97 Å². The van der Waals surface area contributed by atoms with Gasteiger partial charge < -0.3 is 0 Å². The lowest BCUT2D eigenvalue weighted by atomic mass is 10.1. The van der Waals surface area contributed by atoms with E-state index in [0.29, 0.717) is 0 Å². The van der Waals surface area contributed by atoms with Gasteiger partial charge >= 0.3 is 0 Å². The van der Waals surface area contributed by atoms with Gasteiger partial charge in [-0.2, -0.15) is 0 Å². The SMILES string of the molecule is Brc1cc(-c2ccc(I)cc2)ncn1. The van der Waals surface area contributed by atoms with E-state index in [1.165, 1.54) is 3.57 Å². The number of rotatable bonds is 1. The molecule has 14 heavy (non-hydrogen) atoms. The molecule has 0 atom stereocenters. The van der Waals surface area contributed by atoms with Gasteiger partial charge in [-0.05, 0) is 56.7 Å². The van der Waals surface area contributed by atoms with Crippen molar-refractivity contribution in [3.63, 3.8) is 0 Å². The molecule has 2 rings (SSSR count). The second kappa shape index (κ2) is 4.35. The zero-order valence-electron chi connectivity index (χ0n) is 7.11. The number of hydrogen-bond acceptors (Lipinski definition) is 2. The molecule has 2 nitrogen and oxygen atoms in total. The molecule has 4 heteroatoms.